The monoisotopic (exact) mass is 496 g/mol. The fourth-order valence-electron chi connectivity index (χ4n) is 3.18. The number of pyridine rings is 1. The number of hydrogen-bond acceptors (Lipinski definition) is 4. The van der Waals surface area contributed by atoms with Crippen molar-refractivity contribution in [2.75, 3.05) is 20.2 Å². The van der Waals surface area contributed by atoms with Gasteiger partial charge in [-0.25, -0.2) is 0 Å². The second-order valence-electron chi connectivity index (χ2n) is 6.60. The third-order valence-corrected chi connectivity index (χ3v) is 4.48. The average Bonchev–Trinajstić information content (AvgIpc) is 3.04. The highest BCUT2D eigenvalue weighted by Gasteiger charge is 2.21. The molecule has 152 valence electrons. The number of halogens is 1. The minimum Gasteiger partial charge on any atom is -0.494 e. The zero-order valence-corrected chi connectivity index (χ0v) is 19.0. The van der Waals surface area contributed by atoms with Crippen molar-refractivity contribution in [1.82, 2.24) is 15.6 Å². The molecule has 28 heavy (non-hydrogen) atoms. The fraction of sp³-hybridized carbons (Fsp3) is 0.429. The number of guanidine groups is 1. The van der Waals surface area contributed by atoms with E-state index in [1.807, 2.05) is 19.2 Å². The predicted molar refractivity (Wildman–Crippen MR) is 123 cm³/mol. The Morgan fingerprint density at radius 3 is 2.93 bits per heavy atom. The van der Waals surface area contributed by atoms with Crippen LogP contribution in [0, 0.1) is 0 Å². The van der Waals surface area contributed by atoms with Crippen LogP contribution in [0.3, 0.4) is 0 Å². The minimum absolute atomic E-state index is 0. The summed E-state index contributed by atoms with van der Waals surface area (Å²) >= 11 is 0. The molecule has 0 saturated heterocycles. The van der Waals surface area contributed by atoms with Gasteiger partial charge < -0.3 is 20.1 Å². The van der Waals surface area contributed by atoms with Crippen molar-refractivity contribution in [2.45, 2.75) is 39.3 Å². The first-order chi connectivity index (χ1) is 13.2. The molecule has 0 amide bonds. The van der Waals surface area contributed by atoms with E-state index in [4.69, 9.17) is 9.47 Å². The molecule has 0 bridgehead atoms. The van der Waals surface area contributed by atoms with Crippen LogP contribution in [0.4, 0.5) is 0 Å². The molecule has 1 aromatic heterocycles. The van der Waals surface area contributed by atoms with Gasteiger partial charge in [0.15, 0.2) is 5.96 Å². The largest absolute Gasteiger partial charge is 0.494 e. The smallest absolute Gasteiger partial charge is 0.191 e. The van der Waals surface area contributed by atoms with Crippen LogP contribution in [-0.2, 0) is 19.4 Å². The average molecular weight is 496 g/mol. The number of hydrogen-bond donors (Lipinski definition) is 2. The zero-order chi connectivity index (χ0) is 19.1. The van der Waals surface area contributed by atoms with Crippen LogP contribution in [0.5, 0.6) is 11.5 Å². The Morgan fingerprint density at radius 2 is 2.21 bits per heavy atom. The van der Waals surface area contributed by atoms with Gasteiger partial charge in [0.2, 0.25) is 0 Å². The third-order valence-electron chi connectivity index (χ3n) is 4.48. The van der Waals surface area contributed by atoms with Crippen LogP contribution in [0.2, 0.25) is 0 Å². The van der Waals surface area contributed by atoms with Crippen molar-refractivity contribution >= 4 is 29.9 Å². The van der Waals surface area contributed by atoms with Crippen molar-refractivity contribution in [2.24, 2.45) is 4.99 Å². The van der Waals surface area contributed by atoms with E-state index in [0.29, 0.717) is 13.2 Å². The molecule has 2 N–H and O–H groups in total. The number of aromatic nitrogens is 1. The molecule has 2 heterocycles. The molecule has 0 fully saturated rings. The molecule has 0 radical (unpaired) electrons. The van der Waals surface area contributed by atoms with Crippen LogP contribution >= 0.6 is 24.0 Å². The lowest BCUT2D eigenvalue weighted by Crippen LogP contribution is -2.37. The summed E-state index contributed by atoms with van der Waals surface area (Å²) in [6, 6.07) is 8.22. The van der Waals surface area contributed by atoms with E-state index in [9.17, 15) is 0 Å². The molecule has 0 saturated carbocycles. The Balaban J connectivity index is 0.00000280. The van der Waals surface area contributed by atoms with E-state index in [-0.39, 0.29) is 30.1 Å². The van der Waals surface area contributed by atoms with Gasteiger partial charge in [0, 0.05) is 50.1 Å². The first-order valence-electron chi connectivity index (χ1n) is 9.48. The van der Waals surface area contributed by atoms with Crippen LogP contribution < -0.4 is 20.1 Å². The molecule has 6 nitrogen and oxygen atoms in total. The highest BCUT2D eigenvalue weighted by Crippen LogP contribution is 2.35. The predicted octanol–water partition coefficient (Wildman–Crippen LogP) is 3.33. The molecule has 7 heteroatoms. The molecule has 0 aliphatic carbocycles. The number of ether oxygens (including phenoxy) is 2. The van der Waals surface area contributed by atoms with Gasteiger partial charge in [-0.15, -0.1) is 24.0 Å². The summed E-state index contributed by atoms with van der Waals surface area (Å²) in [5.41, 5.74) is 3.48. The SMILES string of the molecule is CCOc1cc2c(cc1CNC(=NC)NCCc1cccnc1)OC(C)C2.I. The van der Waals surface area contributed by atoms with Crippen molar-refractivity contribution in [1.29, 1.82) is 0 Å². The minimum atomic E-state index is 0. The van der Waals surface area contributed by atoms with E-state index in [2.05, 4.69) is 45.7 Å². The molecular formula is C21H29IN4O2. The Labute approximate surface area is 184 Å². The Morgan fingerprint density at radius 1 is 1.36 bits per heavy atom. The van der Waals surface area contributed by atoms with Gasteiger partial charge >= 0.3 is 0 Å². The van der Waals surface area contributed by atoms with Crippen LogP contribution in [0.25, 0.3) is 0 Å². The van der Waals surface area contributed by atoms with Gasteiger partial charge in [-0.05, 0) is 44.0 Å². The second-order valence-corrected chi connectivity index (χ2v) is 6.60. The molecule has 0 spiro atoms. The normalized spacial score (nSPS) is 15.2. The molecule has 1 aliphatic heterocycles. The zero-order valence-electron chi connectivity index (χ0n) is 16.7. The maximum absolute atomic E-state index is 5.89. The topological polar surface area (TPSA) is 67.8 Å². The van der Waals surface area contributed by atoms with Crippen LogP contribution in [-0.4, -0.2) is 37.2 Å². The van der Waals surface area contributed by atoms with Crippen molar-refractivity contribution in [3.63, 3.8) is 0 Å². The van der Waals surface area contributed by atoms with E-state index in [1.54, 1.807) is 13.2 Å². The molecule has 1 aliphatic rings. The quantitative estimate of drug-likeness (QED) is 0.350. The maximum atomic E-state index is 5.89. The molecule has 1 aromatic carbocycles. The summed E-state index contributed by atoms with van der Waals surface area (Å²) in [6.07, 6.45) is 5.72. The van der Waals surface area contributed by atoms with Gasteiger partial charge in [-0.2, -0.15) is 0 Å². The lowest BCUT2D eigenvalue weighted by atomic mass is 10.1. The van der Waals surface area contributed by atoms with E-state index < -0.39 is 0 Å². The summed E-state index contributed by atoms with van der Waals surface area (Å²) in [7, 11) is 1.77. The van der Waals surface area contributed by atoms with E-state index in [0.717, 1.165) is 42.4 Å². The summed E-state index contributed by atoms with van der Waals surface area (Å²) in [6.45, 7) is 6.14. The summed E-state index contributed by atoms with van der Waals surface area (Å²) in [5.74, 6) is 2.63. The molecule has 3 rings (SSSR count). The maximum Gasteiger partial charge on any atom is 0.191 e. The highest BCUT2D eigenvalue weighted by atomic mass is 127. The number of benzene rings is 1. The fourth-order valence-corrected chi connectivity index (χ4v) is 3.18. The standard InChI is InChI=1S/C21H28N4O2.HI/c1-4-26-19-11-17-10-15(2)27-20(17)12-18(19)14-25-21(22-3)24-9-7-16-6-5-8-23-13-16;/h5-6,8,11-13,15H,4,7,9-10,14H2,1-3H3,(H2,22,24,25);1H. The summed E-state index contributed by atoms with van der Waals surface area (Å²) in [5, 5.41) is 6.70. The highest BCUT2D eigenvalue weighted by molar-refractivity contribution is 14.0. The number of aliphatic imine (C=N–C) groups is 1. The van der Waals surface area contributed by atoms with Crippen molar-refractivity contribution < 1.29 is 9.47 Å². The van der Waals surface area contributed by atoms with Crippen molar-refractivity contribution in [3.05, 3.63) is 53.3 Å². The van der Waals surface area contributed by atoms with E-state index in [1.165, 1.54) is 11.1 Å². The molecule has 2 aromatic rings. The molecule has 1 unspecified atom stereocenters. The van der Waals surface area contributed by atoms with Crippen LogP contribution in [0.15, 0.2) is 41.7 Å². The van der Waals surface area contributed by atoms with Crippen LogP contribution in [0.1, 0.15) is 30.5 Å². The van der Waals surface area contributed by atoms with Gasteiger partial charge in [0.25, 0.3) is 0 Å². The first-order valence-corrected chi connectivity index (χ1v) is 9.48. The molecule has 1 atom stereocenters. The lowest BCUT2D eigenvalue weighted by molar-refractivity contribution is 0.254. The van der Waals surface area contributed by atoms with Gasteiger partial charge in [-0.1, -0.05) is 6.07 Å². The Hall–Kier alpha value is -2.03. The number of nitrogens with one attached hydrogen (secondary N) is 2. The Kier molecular flexibility index (Phi) is 8.82. The number of fused-ring (bicyclic) bond motifs is 1. The van der Waals surface area contributed by atoms with Gasteiger partial charge in [-0.3, -0.25) is 9.98 Å². The number of rotatable bonds is 7. The summed E-state index contributed by atoms with van der Waals surface area (Å²) < 4.78 is 11.7. The Bertz CT molecular complexity index is 783. The third kappa shape index (κ3) is 5.98. The van der Waals surface area contributed by atoms with Gasteiger partial charge in [0.1, 0.15) is 17.6 Å². The lowest BCUT2D eigenvalue weighted by Gasteiger charge is -2.15. The molecular weight excluding hydrogens is 467 g/mol. The summed E-state index contributed by atoms with van der Waals surface area (Å²) in [4.78, 5) is 8.44. The first kappa shape index (κ1) is 22.3. The van der Waals surface area contributed by atoms with Gasteiger partial charge in [0.05, 0.1) is 6.61 Å². The van der Waals surface area contributed by atoms with Crippen molar-refractivity contribution in [3.8, 4) is 11.5 Å². The van der Waals surface area contributed by atoms with E-state index >= 15 is 0 Å². The second kappa shape index (κ2) is 11.1. The number of nitrogens with zero attached hydrogens (tertiary/aromatic N) is 2.